The highest BCUT2D eigenvalue weighted by Gasteiger charge is 2.20. The molecule has 6 nitrogen and oxygen atoms in total. The van der Waals surface area contributed by atoms with Crippen LogP contribution in [0.2, 0.25) is 0 Å². The van der Waals surface area contributed by atoms with Gasteiger partial charge >= 0.3 is 0 Å². The van der Waals surface area contributed by atoms with Crippen LogP contribution in [0.1, 0.15) is 51.5 Å². The predicted octanol–water partition coefficient (Wildman–Crippen LogP) is 3.01. The molecule has 0 aromatic heterocycles. The summed E-state index contributed by atoms with van der Waals surface area (Å²) in [5, 5.41) is 3.16. The minimum atomic E-state index is 0.159. The van der Waals surface area contributed by atoms with E-state index in [-0.39, 0.29) is 11.9 Å². The molecule has 0 saturated carbocycles. The lowest BCUT2D eigenvalue weighted by Crippen LogP contribution is -2.49. The third-order valence-corrected chi connectivity index (χ3v) is 5.57. The lowest BCUT2D eigenvalue weighted by Gasteiger charge is -2.34. The van der Waals surface area contributed by atoms with E-state index in [0.29, 0.717) is 13.3 Å². The molecular weight excluding hydrogens is 354 g/mol. The fourth-order valence-electron chi connectivity index (χ4n) is 3.88. The Morgan fingerprint density at radius 3 is 2.61 bits per heavy atom. The molecule has 0 bridgehead atoms. The van der Waals surface area contributed by atoms with Gasteiger partial charge in [0.25, 0.3) is 0 Å². The van der Waals surface area contributed by atoms with Gasteiger partial charge in [0.1, 0.15) is 0 Å². The highest BCUT2D eigenvalue weighted by atomic mass is 16.7. The van der Waals surface area contributed by atoms with E-state index in [1.807, 2.05) is 6.07 Å². The van der Waals surface area contributed by atoms with Crippen molar-refractivity contribution < 1.29 is 14.3 Å². The molecule has 0 unspecified atom stereocenters. The minimum Gasteiger partial charge on any atom is -0.454 e. The van der Waals surface area contributed by atoms with E-state index in [4.69, 9.17) is 9.47 Å². The van der Waals surface area contributed by atoms with Crippen LogP contribution in [-0.2, 0) is 11.3 Å². The van der Waals surface area contributed by atoms with Crippen molar-refractivity contribution in [2.45, 2.75) is 58.5 Å². The first kappa shape index (κ1) is 20.9. The van der Waals surface area contributed by atoms with E-state index < -0.39 is 0 Å². The molecule has 28 heavy (non-hydrogen) atoms. The molecule has 1 N–H and O–H groups in total. The molecule has 0 aliphatic carbocycles. The molecule has 2 aliphatic heterocycles. The summed E-state index contributed by atoms with van der Waals surface area (Å²) in [6, 6.07) is 6.44. The topological polar surface area (TPSA) is 54.0 Å². The van der Waals surface area contributed by atoms with Crippen LogP contribution in [0.4, 0.5) is 0 Å². The number of benzene rings is 1. The second-order valence-electron chi connectivity index (χ2n) is 8.06. The predicted molar refractivity (Wildman–Crippen MR) is 111 cm³/mol. The summed E-state index contributed by atoms with van der Waals surface area (Å²) in [6.07, 6.45) is 6.09. The summed E-state index contributed by atoms with van der Waals surface area (Å²) in [7, 11) is 0. The largest absolute Gasteiger partial charge is 0.454 e. The highest BCUT2D eigenvalue weighted by molar-refractivity contribution is 5.78. The Labute approximate surface area is 169 Å². The zero-order chi connectivity index (χ0) is 19.8. The second-order valence-corrected chi connectivity index (χ2v) is 8.06. The van der Waals surface area contributed by atoms with Gasteiger partial charge in [-0.05, 0) is 31.0 Å². The number of piperazine rings is 1. The lowest BCUT2D eigenvalue weighted by molar-refractivity contribution is -0.123. The van der Waals surface area contributed by atoms with E-state index in [0.717, 1.165) is 50.6 Å². The van der Waals surface area contributed by atoms with E-state index in [1.165, 1.54) is 31.2 Å². The number of hydrogen-bond donors (Lipinski definition) is 1. The number of unbranched alkanes of at least 4 members (excludes halogenated alkanes) is 3. The maximum Gasteiger partial charge on any atom is 0.234 e. The first-order valence-corrected chi connectivity index (χ1v) is 10.8. The summed E-state index contributed by atoms with van der Waals surface area (Å²) in [5.74, 6) is 1.84. The van der Waals surface area contributed by atoms with E-state index in [1.54, 1.807) is 0 Å². The first-order valence-electron chi connectivity index (χ1n) is 10.8. The Morgan fingerprint density at radius 2 is 1.82 bits per heavy atom. The number of nitrogens with one attached hydrogen (secondary N) is 1. The molecule has 1 fully saturated rings. The zero-order valence-electron chi connectivity index (χ0n) is 17.4. The number of amides is 1. The molecule has 1 atom stereocenters. The molecule has 0 spiro atoms. The number of fused-ring (bicyclic) bond motifs is 1. The van der Waals surface area contributed by atoms with Crippen molar-refractivity contribution in [1.29, 1.82) is 0 Å². The average Bonchev–Trinajstić information content (AvgIpc) is 3.14. The Balaban J connectivity index is 1.33. The quantitative estimate of drug-likeness (QED) is 0.624. The zero-order valence-corrected chi connectivity index (χ0v) is 17.4. The number of hydrogen-bond acceptors (Lipinski definition) is 5. The Morgan fingerprint density at radius 1 is 1.07 bits per heavy atom. The Bertz CT molecular complexity index is 629. The number of carbonyl (C=O) groups excluding carboxylic acids is 1. The van der Waals surface area contributed by atoms with Gasteiger partial charge in [0.2, 0.25) is 12.7 Å². The van der Waals surface area contributed by atoms with Gasteiger partial charge in [0.05, 0.1) is 6.54 Å². The van der Waals surface area contributed by atoms with Gasteiger partial charge in [0, 0.05) is 38.8 Å². The normalized spacial score (nSPS) is 18.2. The smallest absolute Gasteiger partial charge is 0.234 e. The van der Waals surface area contributed by atoms with Crippen LogP contribution in [0.15, 0.2) is 18.2 Å². The van der Waals surface area contributed by atoms with E-state index in [9.17, 15) is 4.79 Å². The van der Waals surface area contributed by atoms with E-state index in [2.05, 4.69) is 41.1 Å². The molecule has 1 saturated heterocycles. The van der Waals surface area contributed by atoms with Crippen LogP contribution >= 0.6 is 0 Å². The SMILES string of the molecule is CCCCCC[C@@H](C)NC(=O)CN1CCN(Cc2ccc3c(c2)OCO3)CC1. The number of carbonyl (C=O) groups is 1. The molecule has 2 heterocycles. The van der Waals surface area contributed by atoms with Gasteiger partial charge in [-0.3, -0.25) is 14.6 Å². The Hall–Kier alpha value is -1.79. The number of ether oxygens (including phenoxy) is 2. The molecule has 0 radical (unpaired) electrons. The van der Waals surface area contributed by atoms with Gasteiger partial charge < -0.3 is 14.8 Å². The van der Waals surface area contributed by atoms with Gasteiger partial charge in [-0.1, -0.05) is 38.7 Å². The van der Waals surface area contributed by atoms with Crippen LogP contribution in [0.25, 0.3) is 0 Å². The minimum absolute atomic E-state index is 0.159. The van der Waals surface area contributed by atoms with Crippen molar-refractivity contribution >= 4 is 5.91 Å². The summed E-state index contributed by atoms with van der Waals surface area (Å²) < 4.78 is 10.8. The number of nitrogens with zero attached hydrogens (tertiary/aromatic N) is 2. The van der Waals surface area contributed by atoms with Crippen molar-refractivity contribution in [2.24, 2.45) is 0 Å². The molecule has 1 amide bonds. The maximum atomic E-state index is 12.3. The molecule has 2 aliphatic rings. The second kappa shape index (κ2) is 10.7. The molecule has 156 valence electrons. The average molecular weight is 390 g/mol. The summed E-state index contributed by atoms with van der Waals surface area (Å²) in [5.41, 5.74) is 1.24. The van der Waals surface area contributed by atoms with Crippen molar-refractivity contribution in [1.82, 2.24) is 15.1 Å². The van der Waals surface area contributed by atoms with Crippen molar-refractivity contribution in [2.75, 3.05) is 39.5 Å². The first-order chi connectivity index (χ1) is 13.6. The van der Waals surface area contributed by atoms with E-state index >= 15 is 0 Å². The van der Waals surface area contributed by atoms with Crippen LogP contribution in [0, 0.1) is 0 Å². The van der Waals surface area contributed by atoms with Crippen LogP contribution in [0.5, 0.6) is 11.5 Å². The molecule has 1 aromatic carbocycles. The fraction of sp³-hybridized carbons (Fsp3) is 0.682. The van der Waals surface area contributed by atoms with Crippen molar-refractivity contribution in [3.05, 3.63) is 23.8 Å². The van der Waals surface area contributed by atoms with Gasteiger partial charge in [-0.2, -0.15) is 0 Å². The monoisotopic (exact) mass is 389 g/mol. The van der Waals surface area contributed by atoms with Crippen LogP contribution in [0.3, 0.4) is 0 Å². The third kappa shape index (κ3) is 6.38. The summed E-state index contributed by atoms with van der Waals surface area (Å²) in [4.78, 5) is 17.0. The van der Waals surface area contributed by atoms with Crippen molar-refractivity contribution in [3.8, 4) is 11.5 Å². The molecule has 1 aromatic rings. The number of rotatable bonds is 10. The lowest BCUT2D eigenvalue weighted by atomic mass is 10.1. The van der Waals surface area contributed by atoms with Crippen LogP contribution in [-0.4, -0.2) is 61.3 Å². The van der Waals surface area contributed by atoms with Gasteiger partial charge in [-0.25, -0.2) is 0 Å². The molecule has 3 rings (SSSR count). The highest BCUT2D eigenvalue weighted by Crippen LogP contribution is 2.32. The fourth-order valence-corrected chi connectivity index (χ4v) is 3.88. The van der Waals surface area contributed by atoms with Crippen LogP contribution < -0.4 is 14.8 Å². The maximum absolute atomic E-state index is 12.3. The summed E-state index contributed by atoms with van der Waals surface area (Å²) in [6.45, 7) is 9.90. The third-order valence-electron chi connectivity index (χ3n) is 5.57. The molecular formula is C22H35N3O3. The summed E-state index contributed by atoms with van der Waals surface area (Å²) >= 11 is 0. The molecule has 6 heteroatoms. The van der Waals surface area contributed by atoms with Gasteiger partial charge in [-0.15, -0.1) is 0 Å². The van der Waals surface area contributed by atoms with Crippen molar-refractivity contribution in [3.63, 3.8) is 0 Å². The standard InChI is InChI=1S/C22H35N3O3/c1-3-4-5-6-7-18(2)23-22(26)16-25-12-10-24(11-13-25)15-19-8-9-20-21(14-19)28-17-27-20/h8-9,14,18H,3-7,10-13,15-17H2,1-2H3,(H,23,26)/t18-/m1/s1. The van der Waals surface area contributed by atoms with Gasteiger partial charge in [0.15, 0.2) is 11.5 Å². The Kier molecular flexibility index (Phi) is 7.98.